The van der Waals surface area contributed by atoms with Crippen LogP contribution in [0.1, 0.15) is 72.8 Å². The van der Waals surface area contributed by atoms with E-state index in [9.17, 15) is 9.59 Å². The van der Waals surface area contributed by atoms with E-state index in [2.05, 4.69) is 0 Å². The number of likely N-dealkylation sites (tertiary alicyclic amines) is 2. The maximum absolute atomic E-state index is 13.0. The Hall–Kier alpha value is -2.76. The Morgan fingerprint density at radius 2 is 1.62 bits per heavy atom. The predicted octanol–water partition coefficient (Wildman–Crippen LogP) is 3.77. The van der Waals surface area contributed by atoms with Gasteiger partial charge in [-0.15, -0.1) is 0 Å². The summed E-state index contributed by atoms with van der Waals surface area (Å²) in [6.07, 6.45) is 4.66. The van der Waals surface area contributed by atoms with E-state index in [-0.39, 0.29) is 23.7 Å². The molecule has 2 saturated heterocycles. The standard InChI is InChI=1S/C26H34N4O2/c1-18(21-10-6-4-7-11-21)26(32)30-15-12-22(17-30)25-27-19(2)23(20(3)28-25)16-24(31)29-13-8-5-9-14-29/h4,6-7,10-11,18,22H,5,8-9,12-17H2,1-3H3/t18-,22-/m0/s1. The van der Waals surface area contributed by atoms with Gasteiger partial charge in [-0.05, 0) is 52.0 Å². The molecule has 0 bridgehead atoms. The van der Waals surface area contributed by atoms with Crippen molar-refractivity contribution in [2.45, 2.75) is 64.7 Å². The Kier molecular flexibility index (Phi) is 6.87. The quantitative estimate of drug-likeness (QED) is 0.719. The first-order valence-electron chi connectivity index (χ1n) is 11.9. The van der Waals surface area contributed by atoms with Crippen molar-refractivity contribution in [2.24, 2.45) is 0 Å². The van der Waals surface area contributed by atoms with E-state index in [1.165, 1.54) is 6.42 Å². The monoisotopic (exact) mass is 434 g/mol. The van der Waals surface area contributed by atoms with E-state index in [0.29, 0.717) is 13.0 Å². The molecule has 0 N–H and O–H groups in total. The molecule has 2 aliphatic heterocycles. The number of aryl methyl sites for hydroxylation is 2. The van der Waals surface area contributed by atoms with Crippen LogP contribution in [-0.2, 0) is 16.0 Å². The fourth-order valence-electron chi connectivity index (χ4n) is 4.94. The molecule has 0 aliphatic carbocycles. The number of aromatic nitrogens is 2. The lowest BCUT2D eigenvalue weighted by Crippen LogP contribution is -2.37. The number of rotatable bonds is 5. The minimum absolute atomic E-state index is 0.145. The van der Waals surface area contributed by atoms with E-state index in [0.717, 1.165) is 67.2 Å². The second-order valence-corrected chi connectivity index (χ2v) is 9.25. The van der Waals surface area contributed by atoms with Crippen molar-refractivity contribution in [2.75, 3.05) is 26.2 Å². The van der Waals surface area contributed by atoms with Gasteiger partial charge in [0.25, 0.3) is 0 Å². The van der Waals surface area contributed by atoms with Crippen LogP contribution in [0, 0.1) is 13.8 Å². The summed E-state index contributed by atoms with van der Waals surface area (Å²) in [6.45, 7) is 9.05. The van der Waals surface area contributed by atoms with Crippen LogP contribution in [-0.4, -0.2) is 57.8 Å². The molecule has 6 nitrogen and oxygen atoms in total. The first-order chi connectivity index (χ1) is 15.4. The molecule has 170 valence electrons. The maximum atomic E-state index is 13.0. The molecule has 2 atom stereocenters. The van der Waals surface area contributed by atoms with Crippen LogP contribution < -0.4 is 0 Å². The molecule has 3 heterocycles. The lowest BCUT2D eigenvalue weighted by molar-refractivity contribution is -0.132. The van der Waals surface area contributed by atoms with Crippen LogP contribution in [0.4, 0.5) is 0 Å². The zero-order chi connectivity index (χ0) is 22.7. The molecule has 1 aromatic heterocycles. The molecule has 2 aromatic rings. The lowest BCUT2D eigenvalue weighted by Gasteiger charge is -2.27. The van der Waals surface area contributed by atoms with Gasteiger partial charge in [0.1, 0.15) is 5.82 Å². The minimum Gasteiger partial charge on any atom is -0.342 e. The molecule has 6 heteroatoms. The molecule has 1 aromatic carbocycles. The number of amides is 2. The molecule has 32 heavy (non-hydrogen) atoms. The Morgan fingerprint density at radius 3 is 2.28 bits per heavy atom. The average molecular weight is 435 g/mol. The average Bonchev–Trinajstić information content (AvgIpc) is 3.31. The van der Waals surface area contributed by atoms with Crippen molar-refractivity contribution in [1.29, 1.82) is 0 Å². The van der Waals surface area contributed by atoms with Crippen LogP contribution in [0.25, 0.3) is 0 Å². The summed E-state index contributed by atoms with van der Waals surface area (Å²) >= 11 is 0. The van der Waals surface area contributed by atoms with E-state index < -0.39 is 0 Å². The normalized spacial score (nSPS) is 19.8. The first-order valence-corrected chi connectivity index (χ1v) is 11.9. The van der Waals surface area contributed by atoms with Gasteiger partial charge in [-0.25, -0.2) is 9.97 Å². The third-order valence-electron chi connectivity index (χ3n) is 7.01. The molecule has 0 radical (unpaired) electrons. The van der Waals surface area contributed by atoms with Gasteiger partial charge in [0.05, 0.1) is 12.3 Å². The van der Waals surface area contributed by atoms with Gasteiger partial charge in [-0.3, -0.25) is 9.59 Å². The summed E-state index contributed by atoms with van der Waals surface area (Å²) in [5, 5.41) is 0. The number of benzene rings is 1. The molecule has 2 fully saturated rings. The van der Waals surface area contributed by atoms with Gasteiger partial charge < -0.3 is 9.80 Å². The summed E-state index contributed by atoms with van der Waals surface area (Å²) in [4.78, 5) is 39.3. The summed E-state index contributed by atoms with van der Waals surface area (Å²) < 4.78 is 0. The topological polar surface area (TPSA) is 66.4 Å². The predicted molar refractivity (Wildman–Crippen MR) is 124 cm³/mol. The summed E-state index contributed by atoms with van der Waals surface area (Å²) in [6, 6.07) is 9.94. The number of carbonyl (C=O) groups excluding carboxylic acids is 2. The van der Waals surface area contributed by atoms with Crippen molar-refractivity contribution in [3.8, 4) is 0 Å². The SMILES string of the molecule is Cc1nc([C@H]2CCN(C(=O)[C@@H](C)c3ccccc3)C2)nc(C)c1CC(=O)N1CCCCC1. The fraction of sp³-hybridized carbons (Fsp3) is 0.538. The Morgan fingerprint density at radius 1 is 0.969 bits per heavy atom. The number of hydrogen-bond donors (Lipinski definition) is 0. The number of hydrogen-bond acceptors (Lipinski definition) is 4. The minimum atomic E-state index is -0.150. The Bertz CT molecular complexity index is 946. The van der Waals surface area contributed by atoms with Crippen LogP contribution in [0.3, 0.4) is 0 Å². The van der Waals surface area contributed by atoms with Gasteiger partial charge >= 0.3 is 0 Å². The van der Waals surface area contributed by atoms with E-state index in [1.54, 1.807) is 0 Å². The highest BCUT2D eigenvalue weighted by Crippen LogP contribution is 2.29. The zero-order valence-corrected chi connectivity index (χ0v) is 19.5. The lowest BCUT2D eigenvalue weighted by atomic mass is 10.00. The number of piperidine rings is 1. The summed E-state index contributed by atoms with van der Waals surface area (Å²) in [7, 11) is 0. The van der Waals surface area contributed by atoms with Crippen molar-refractivity contribution in [3.63, 3.8) is 0 Å². The van der Waals surface area contributed by atoms with E-state index >= 15 is 0 Å². The molecule has 2 aliphatic rings. The highest BCUT2D eigenvalue weighted by atomic mass is 16.2. The maximum Gasteiger partial charge on any atom is 0.229 e. The summed E-state index contributed by atoms with van der Waals surface area (Å²) in [5.41, 5.74) is 3.78. The smallest absolute Gasteiger partial charge is 0.229 e. The van der Waals surface area contributed by atoms with Gasteiger partial charge in [0.2, 0.25) is 11.8 Å². The fourth-order valence-corrected chi connectivity index (χ4v) is 4.94. The molecule has 0 unspecified atom stereocenters. The van der Waals surface area contributed by atoms with Crippen LogP contribution in [0.2, 0.25) is 0 Å². The molecule has 4 rings (SSSR count). The van der Waals surface area contributed by atoms with Crippen molar-refractivity contribution in [1.82, 2.24) is 19.8 Å². The molecule has 2 amide bonds. The van der Waals surface area contributed by atoms with E-state index in [1.807, 2.05) is 60.9 Å². The van der Waals surface area contributed by atoms with Crippen LogP contribution >= 0.6 is 0 Å². The summed E-state index contributed by atoms with van der Waals surface area (Å²) in [5.74, 6) is 1.14. The van der Waals surface area contributed by atoms with Gasteiger partial charge in [-0.2, -0.15) is 0 Å². The second-order valence-electron chi connectivity index (χ2n) is 9.25. The van der Waals surface area contributed by atoms with Gasteiger partial charge in [-0.1, -0.05) is 30.3 Å². The van der Waals surface area contributed by atoms with Crippen molar-refractivity contribution < 1.29 is 9.59 Å². The number of nitrogens with zero attached hydrogens (tertiary/aromatic N) is 4. The molecule has 0 spiro atoms. The largest absolute Gasteiger partial charge is 0.342 e. The highest BCUT2D eigenvalue weighted by molar-refractivity contribution is 5.83. The zero-order valence-electron chi connectivity index (χ0n) is 19.5. The highest BCUT2D eigenvalue weighted by Gasteiger charge is 2.32. The van der Waals surface area contributed by atoms with Crippen molar-refractivity contribution in [3.05, 3.63) is 58.7 Å². The molecule has 0 saturated carbocycles. The second kappa shape index (κ2) is 9.80. The Balaban J connectivity index is 1.42. The van der Waals surface area contributed by atoms with Crippen LogP contribution in [0.5, 0.6) is 0 Å². The third kappa shape index (κ3) is 4.84. The van der Waals surface area contributed by atoms with E-state index in [4.69, 9.17) is 9.97 Å². The van der Waals surface area contributed by atoms with Crippen LogP contribution in [0.15, 0.2) is 30.3 Å². The first kappa shape index (κ1) is 22.4. The van der Waals surface area contributed by atoms with Gasteiger partial charge in [0.15, 0.2) is 0 Å². The number of carbonyl (C=O) groups is 2. The third-order valence-corrected chi connectivity index (χ3v) is 7.01. The Labute approximate surface area is 191 Å². The van der Waals surface area contributed by atoms with Crippen molar-refractivity contribution >= 4 is 11.8 Å². The molecular formula is C26H34N4O2. The van der Waals surface area contributed by atoms with Gasteiger partial charge in [0, 0.05) is 49.0 Å². The molecular weight excluding hydrogens is 400 g/mol.